The van der Waals surface area contributed by atoms with Crippen LogP contribution in [0.5, 0.6) is 0 Å². The fourth-order valence-corrected chi connectivity index (χ4v) is 5.32. The summed E-state index contributed by atoms with van der Waals surface area (Å²) in [4.78, 5) is 5.82. The van der Waals surface area contributed by atoms with Gasteiger partial charge in [-0.1, -0.05) is 18.6 Å². The van der Waals surface area contributed by atoms with E-state index in [-0.39, 0.29) is 29.3 Å². The number of allylic oxidation sites excluding steroid dienone is 1. The maximum absolute atomic E-state index is 13.3. The van der Waals surface area contributed by atoms with E-state index in [0.717, 1.165) is 24.6 Å². The Labute approximate surface area is 197 Å². The van der Waals surface area contributed by atoms with Crippen LogP contribution in [0.2, 0.25) is 0 Å². The van der Waals surface area contributed by atoms with Crippen LogP contribution in [0.25, 0.3) is 11.3 Å². The Kier molecular flexibility index (Phi) is 6.30. The summed E-state index contributed by atoms with van der Waals surface area (Å²) >= 11 is 0. The number of fused-ring (bicyclic) bond motifs is 1. The number of nitrogens with zero attached hydrogens (tertiary/aromatic N) is 4. The largest absolute Gasteiger partial charge is 0.419 e. The van der Waals surface area contributed by atoms with E-state index in [4.69, 9.17) is 5.73 Å². The third-order valence-electron chi connectivity index (χ3n) is 6.95. The Morgan fingerprint density at radius 3 is 2.59 bits per heavy atom. The number of nitrogen functional groups attached to an aromatic ring is 1. The first-order chi connectivity index (χ1) is 15.8. The maximum Gasteiger partial charge on any atom is 0.419 e. The molecule has 2 aliphatic rings. The van der Waals surface area contributed by atoms with Gasteiger partial charge in [-0.3, -0.25) is 9.58 Å². The van der Waals surface area contributed by atoms with Crippen LogP contribution in [0, 0.1) is 5.92 Å². The van der Waals surface area contributed by atoms with Gasteiger partial charge in [-0.2, -0.15) is 18.3 Å². The molecule has 4 atom stereocenters. The molecular formula is C23H30F3N5O2S. The molecule has 0 amide bonds. The fourth-order valence-electron chi connectivity index (χ4n) is 4.70. The highest BCUT2D eigenvalue weighted by molar-refractivity contribution is 7.90. The highest BCUT2D eigenvalue weighted by atomic mass is 32.2. The van der Waals surface area contributed by atoms with E-state index in [1.165, 1.54) is 18.0 Å². The second-order valence-corrected chi connectivity index (χ2v) is 11.7. The molecule has 0 saturated heterocycles. The summed E-state index contributed by atoms with van der Waals surface area (Å²) in [5.41, 5.74) is 7.50. The van der Waals surface area contributed by atoms with Crippen LogP contribution in [0.3, 0.4) is 0 Å². The molecule has 34 heavy (non-hydrogen) atoms. The molecule has 2 heterocycles. The van der Waals surface area contributed by atoms with Gasteiger partial charge in [-0.05, 0) is 44.9 Å². The molecule has 2 N–H and O–H groups in total. The van der Waals surface area contributed by atoms with Crippen molar-refractivity contribution in [3.63, 3.8) is 0 Å². The molecule has 11 heteroatoms. The standard InChI is InChI=1S/C23H30F3N5O2S/c1-5-13(2)31-20(11-19(29-31)14-8-18(23(24,25)26)22(27)28-12-14)21-16-9-15(10-17(16)21)30(3)6-7-34(4,32)33/h8-9,11-13,15,17,21H,5-7,10H2,1-4H3,(H2,27,28). The van der Waals surface area contributed by atoms with E-state index < -0.39 is 27.4 Å². The first-order valence-electron chi connectivity index (χ1n) is 11.3. The number of likely N-dealkylation sites (N-methyl/N-ethyl adjacent to an activating group) is 1. The van der Waals surface area contributed by atoms with Crippen molar-refractivity contribution in [1.29, 1.82) is 0 Å². The summed E-state index contributed by atoms with van der Waals surface area (Å²) in [6.07, 6.45) is 1.91. The van der Waals surface area contributed by atoms with Crippen molar-refractivity contribution in [3.8, 4) is 11.3 Å². The molecule has 2 aromatic rings. The Hall–Kier alpha value is -2.40. The molecule has 0 radical (unpaired) electrons. The minimum absolute atomic E-state index is 0.0859. The second kappa shape index (κ2) is 8.67. The molecule has 7 nitrogen and oxygen atoms in total. The predicted molar refractivity (Wildman–Crippen MR) is 125 cm³/mol. The van der Waals surface area contributed by atoms with Crippen molar-refractivity contribution in [1.82, 2.24) is 19.7 Å². The number of anilines is 1. The van der Waals surface area contributed by atoms with Gasteiger partial charge >= 0.3 is 6.18 Å². The lowest BCUT2D eigenvalue weighted by Crippen LogP contribution is -2.33. The number of nitrogens with two attached hydrogens (primary N) is 1. The van der Waals surface area contributed by atoms with Crippen molar-refractivity contribution >= 4 is 15.7 Å². The van der Waals surface area contributed by atoms with Crippen LogP contribution in [0.15, 0.2) is 30.0 Å². The van der Waals surface area contributed by atoms with Gasteiger partial charge in [-0.25, -0.2) is 13.4 Å². The fraction of sp³-hybridized carbons (Fsp3) is 0.565. The first kappa shape index (κ1) is 24.7. The lowest BCUT2D eigenvalue weighted by Gasteiger charge is -2.24. The molecule has 0 aliphatic heterocycles. The number of pyridine rings is 1. The zero-order valence-corrected chi connectivity index (χ0v) is 20.5. The van der Waals surface area contributed by atoms with E-state index in [1.54, 1.807) is 0 Å². The van der Waals surface area contributed by atoms with Crippen LogP contribution < -0.4 is 5.73 Å². The lowest BCUT2D eigenvalue weighted by molar-refractivity contribution is -0.137. The zero-order chi connectivity index (χ0) is 25.0. The van der Waals surface area contributed by atoms with Gasteiger partial charge in [-0.15, -0.1) is 0 Å². The Morgan fingerprint density at radius 2 is 2.03 bits per heavy atom. The Bertz CT molecular complexity index is 1220. The monoisotopic (exact) mass is 497 g/mol. The van der Waals surface area contributed by atoms with Crippen molar-refractivity contribution in [2.24, 2.45) is 5.92 Å². The van der Waals surface area contributed by atoms with Crippen LogP contribution in [-0.4, -0.2) is 59.7 Å². The summed E-state index contributed by atoms with van der Waals surface area (Å²) in [5.74, 6) is 0.0921. The van der Waals surface area contributed by atoms with Gasteiger partial charge in [0, 0.05) is 48.3 Å². The number of alkyl halides is 3. The van der Waals surface area contributed by atoms with Crippen molar-refractivity contribution in [2.75, 3.05) is 31.3 Å². The number of halogens is 3. The number of rotatable bonds is 8. The van der Waals surface area contributed by atoms with Gasteiger partial charge in [0.25, 0.3) is 0 Å². The van der Waals surface area contributed by atoms with Gasteiger partial charge in [0.1, 0.15) is 15.7 Å². The maximum atomic E-state index is 13.3. The lowest BCUT2D eigenvalue weighted by atomic mass is 10.1. The van der Waals surface area contributed by atoms with E-state index in [9.17, 15) is 21.6 Å². The molecule has 0 aromatic carbocycles. The molecule has 2 aromatic heterocycles. The Balaban J connectivity index is 1.60. The molecule has 0 bridgehead atoms. The van der Waals surface area contributed by atoms with Crippen LogP contribution in [0.4, 0.5) is 19.0 Å². The average molecular weight is 498 g/mol. The number of hydrogen-bond acceptors (Lipinski definition) is 6. The topological polar surface area (TPSA) is 94.1 Å². The smallest absolute Gasteiger partial charge is 0.383 e. The molecule has 4 unspecified atom stereocenters. The van der Waals surface area contributed by atoms with Gasteiger partial charge < -0.3 is 5.73 Å². The highest BCUT2D eigenvalue weighted by Crippen LogP contribution is 2.60. The third kappa shape index (κ3) is 4.86. The molecule has 186 valence electrons. The summed E-state index contributed by atoms with van der Waals surface area (Å²) in [6.45, 7) is 4.56. The number of sulfone groups is 1. The second-order valence-electron chi connectivity index (χ2n) is 9.48. The summed E-state index contributed by atoms with van der Waals surface area (Å²) in [5, 5.41) is 4.67. The Morgan fingerprint density at radius 1 is 1.32 bits per heavy atom. The average Bonchev–Trinajstić information content (AvgIpc) is 3.09. The normalized spacial score (nSPS) is 23.2. The van der Waals surface area contributed by atoms with Crippen LogP contribution in [0.1, 0.15) is 49.9 Å². The molecule has 0 spiro atoms. The van der Waals surface area contributed by atoms with E-state index in [0.29, 0.717) is 18.2 Å². The van der Waals surface area contributed by atoms with Crippen LogP contribution >= 0.6 is 0 Å². The van der Waals surface area contributed by atoms with E-state index in [1.807, 2.05) is 31.6 Å². The molecule has 4 rings (SSSR count). The quantitative estimate of drug-likeness (QED) is 0.556. The highest BCUT2D eigenvalue weighted by Gasteiger charge is 2.52. The molecule has 1 fully saturated rings. The van der Waals surface area contributed by atoms with E-state index >= 15 is 0 Å². The molecule has 1 saturated carbocycles. The van der Waals surface area contributed by atoms with Gasteiger partial charge in [0.15, 0.2) is 0 Å². The zero-order valence-electron chi connectivity index (χ0n) is 19.7. The minimum Gasteiger partial charge on any atom is -0.383 e. The first-order valence-corrected chi connectivity index (χ1v) is 13.4. The van der Waals surface area contributed by atoms with Gasteiger partial charge in [0.05, 0.1) is 17.0 Å². The van der Waals surface area contributed by atoms with Crippen molar-refractivity contribution in [3.05, 3.63) is 41.2 Å². The molecule has 2 aliphatic carbocycles. The summed E-state index contributed by atoms with van der Waals surface area (Å²) in [6, 6.07) is 3.15. The summed E-state index contributed by atoms with van der Waals surface area (Å²) < 4.78 is 64.9. The predicted octanol–water partition coefficient (Wildman–Crippen LogP) is 3.91. The van der Waals surface area contributed by atoms with Crippen molar-refractivity contribution in [2.45, 2.75) is 50.9 Å². The summed E-state index contributed by atoms with van der Waals surface area (Å²) in [7, 11) is -1.09. The van der Waals surface area contributed by atoms with E-state index in [2.05, 4.69) is 21.1 Å². The van der Waals surface area contributed by atoms with Crippen molar-refractivity contribution < 1.29 is 21.6 Å². The SMILES string of the molecule is CCC(C)n1nc(-c2cnc(N)c(C(F)(F)F)c2)cc1C1C2=CC(N(C)CCS(C)(=O)=O)CC21. The molecular weight excluding hydrogens is 467 g/mol. The van der Waals surface area contributed by atoms with Gasteiger partial charge in [0.2, 0.25) is 0 Å². The number of aromatic nitrogens is 3. The minimum atomic E-state index is -4.59. The number of hydrogen-bond donors (Lipinski definition) is 1. The third-order valence-corrected chi connectivity index (χ3v) is 7.88. The van der Waals surface area contributed by atoms with Crippen LogP contribution in [-0.2, 0) is 16.0 Å².